The highest BCUT2D eigenvalue weighted by molar-refractivity contribution is 7.89. The van der Waals surface area contributed by atoms with Crippen LogP contribution in [0.1, 0.15) is 0 Å². The van der Waals surface area contributed by atoms with Crippen molar-refractivity contribution in [1.82, 2.24) is 19.3 Å². The fraction of sp³-hybridized carbons (Fsp3) is 0.100. The highest BCUT2D eigenvalue weighted by Crippen LogP contribution is 2.28. The number of nitrogens with one attached hydrogen (secondary N) is 2. The molecule has 0 fully saturated rings. The number of anilines is 1. The highest BCUT2D eigenvalue weighted by atomic mass is 35.5. The molecule has 2 N–H and O–H groups in total. The molecule has 0 atom stereocenters. The van der Waals surface area contributed by atoms with Crippen LogP contribution in [0, 0.1) is 0 Å². The Kier molecular flexibility index (Phi) is 6.04. The van der Waals surface area contributed by atoms with Crippen molar-refractivity contribution < 1.29 is 8.42 Å². The van der Waals surface area contributed by atoms with Gasteiger partial charge in [0.1, 0.15) is 21.5 Å². The SMILES string of the molecule is [B]c1ccccc1S(=O)(=O)NCCNc1cc(-c2ccccc2Cl)nc2c([B])cnn12. The Morgan fingerprint density at radius 3 is 2.52 bits per heavy atom. The average molecular weight is 448 g/mol. The van der Waals surface area contributed by atoms with Gasteiger partial charge in [-0.3, -0.25) is 0 Å². The van der Waals surface area contributed by atoms with E-state index in [0.29, 0.717) is 27.6 Å². The van der Waals surface area contributed by atoms with Crippen LogP contribution in [0.2, 0.25) is 5.02 Å². The molecule has 2 aromatic heterocycles. The molecular formula is C20H16B2ClN5O2S. The molecule has 0 aliphatic carbocycles. The van der Waals surface area contributed by atoms with Crippen molar-refractivity contribution in [3.05, 3.63) is 65.8 Å². The number of halogens is 1. The third kappa shape index (κ3) is 4.46. The number of hydrogen-bond donors (Lipinski definition) is 2. The number of hydrogen-bond acceptors (Lipinski definition) is 5. The first-order valence-electron chi connectivity index (χ1n) is 9.34. The second-order valence-electron chi connectivity index (χ2n) is 6.70. The summed E-state index contributed by atoms with van der Waals surface area (Å²) in [6, 6.07) is 15.4. The van der Waals surface area contributed by atoms with E-state index in [9.17, 15) is 8.42 Å². The van der Waals surface area contributed by atoms with Crippen LogP contribution in [0.3, 0.4) is 0 Å². The minimum atomic E-state index is -3.73. The zero-order valence-electron chi connectivity index (χ0n) is 16.3. The monoisotopic (exact) mass is 447 g/mol. The standard InChI is InChI=1S/C20H16B2ClN5O2S/c21-14-6-2-4-8-18(14)31(29,30)26-10-9-24-19-11-17(13-5-1-3-7-16(13)23)27-20-15(22)12-25-28(19)20/h1-8,11-12,24,26H,9-10H2. The first-order chi connectivity index (χ1) is 14.9. The van der Waals surface area contributed by atoms with Crippen LogP contribution >= 0.6 is 11.6 Å². The predicted octanol–water partition coefficient (Wildman–Crippen LogP) is 1.03. The average Bonchev–Trinajstić information content (AvgIpc) is 3.12. The minimum absolute atomic E-state index is 0.0437. The molecule has 0 saturated carbocycles. The van der Waals surface area contributed by atoms with Gasteiger partial charge < -0.3 is 5.32 Å². The predicted molar refractivity (Wildman–Crippen MR) is 124 cm³/mol. The Labute approximate surface area is 187 Å². The van der Waals surface area contributed by atoms with E-state index in [1.807, 2.05) is 18.2 Å². The Morgan fingerprint density at radius 2 is 1.74 bits per heavy atom. The first kappa shape index (κ1) is 21.4. The van der Waals surface area contributed by atoms with Crippen molar-refractivity contribution in [2.45, 2.75) is 4.90 Å². The van der Waals surface area contributed by atoms with E-state index in [4.69, 9.17) is 27.3 Å². The molecule has 0 aliphatic rings. The van der Waals surface area contributed by atoms with Gasteiger partial charge in [0.2, 0.25) is 10.0 Å². The molecule has 0 bridgehead atoms. The lowest BCUT2D eigenvalue weighted by molar-refractivity contribution is 0.583. The van der Waals surface area contributed by atoms with Crippen LogP contribution in [0.15, 0.2) is 65.7 Å². The molecule has 7 nitrogen and oxygen atoms in total. The molecule has 2 aromatic carbocycles. The molecule has 0 aliphatic heterocycles. The third-order valence-corrected chi connectivity index (χ3v) is 6.45. The van der Waals surface area contributed by atoms with Crippen molar-refractivity contribution in [1.29, 1.82) is 0 Å². The molecular weight excluding hydrogens is 431 g/mol. The first-order valence-corrected chi connectivity index (χ1v) is 11.2. The molecule has 4 radical (unpaired) electrons. The summed E-state index contributed by atoms with van der Waals surface area (Å²) in [5.41, 5.74) is 2.44. The summed E-state index contributed by atoms with van der Waals surface area (Å²) in [5, 5.41) is 7.97. The molecule has 4 aromatic rings. The van der Waals surface area contributed by atoms with E-state index in [1.165, 1.54) is 12.3 Å². The Hall–Kier alpha value is -2.81. The summed E-state index contributed by atoms with van der Waals surface area (Å²) in [4.78, 5) is 4.61. The minimum Gasteiger partial charge on any atom is -0.369 e. The fourth-order valence-electron chi connectivity index (χ4n) is 3.09. The van der Waals surface area contributed by atoms with Gasteiger partial charge in [0.15, 0.2) is 5.65 Å². The summed E-state index contributed by atoms with van der Waals surface area (Å²) in [7, 11) is 8.06. The number of fused-ring (bicyclic) bond motifs is 1. The lowest BCUT2D eigenvalue weighted by atomic mass is 9.97. The maximum atomic E-state index is 12.5. The van der Waals surface area contributed by atoms with Gasteiger partial charge in [-0.2, -0.15) is 9.61 Å². The molecule has 0 unspecified atom stereocenters. The van der Waals surface area contributed by atoms with E-state index < -0.39 is 10.0 Å². The Balaban J connectivity index is 1.55. The summed E-state index contributed by atoms with van der Waals surface area (Å²) < 4.78 is 29.0. The van der Waals surface area contributed by atoms with E-state index in [2.05, 4.69) is 20.1 Å². The van der Waals surface area contributed by atoms with Crippen LogP contribution in [-0.2, 0) is 10.0 Å². The normalized spacial score (nSPS) is 11.6. The number of rotatable bonds is 7. The van der Waals surface area contributed by atoms with E-state index in [0.717, 1.165) is 5.56 Å². The van der Waals surface area contributed by atoms with Crippen LogP contribution in [-0.4, -0.2) is 51.8 Å². The summed E-state index contributed by atoms with van der Waals surface area (Å²) >= 11 is 6.32. The third-order valence-electron chi connectivity index (χ3n) is 4.58. The van der Waals surface area contributed by atoms with Crippen LogP contribution in [0.5, 0.6) is 0 Å². The Morgan fingerprint density at radius 1 is 1.00 bits per heavy atom. The highest BCUT2D eigenvalue weighted by Gasteiger charge is 2.16. The largest absolute Gasteiger partial charge is 0.369 e. The molecule has 31 heavy (non-hydrogen) atoms. The maximum Gasteiger partial charge on any atom is 0.240 e. The van der Waals surface area contributed by atoms with Gasteiger partial charge in [-0.25, -0.2) is 18.1 Å². The summed E-state index contributed by atoms with van der Waals surface area (Å²) in [6.07, 6.45) is 1.50. The van der Waals surface area contributed by atoms with Gasteiger partial charge in [0, 0.05) is 35.9 Å². The van der Waals surface area contributed by atoms with Crippen LogP contribution in [0.4, 0.5) is 5.82 Å². The van der Waals surface area contributed by atoms with Crippen molar-refractivity contribution in [2.75, 3.05) is 18.4 Å². The summed E-state index contributed by atoms with van der Waals surface area (Å²) in [5.74, 6) is 0.593. The van der Waals surface area contributed by atoms with Crippen molar-refractivity contribution >= 4 is 59.7 Å². The molecule has 0 saturated heterocycles. The lowest BCUT2D eigenvalue weighted by Gasteiger charge is -2.13. The number of benzene rings is 2. The van der Waals surface area contributed by atoms with Gasteiger partial charge in [0.05, 0.1) is 10.6 Å². The van der Waals surface area contributed by atoms with Gasteiger partial charge in [-0.05, 0) is 17.6 Å². The van der Waals surface area contributed by atoms with E-state index >= 15 is 0 Å². The van der Waals surface area contributed by atoms with Crippen LogP contribution in [0.25, 0.3) is 16.9 Å². The van der Waals surface area contributed by atoms with E-state index in [1.54, 1.807) is 34.8 Å². The van der Waals surface area contributed by atoms with Gasteiger partial charge >= 0.3 is 0 Å². The maximum absolute atomic E-state index is 12.5. The number of aromatic nitrogens is 3. The molecule has 2 heterocycles. The van der Waals surface area contributed by atoms with Crippen molar-refractivity contribution in [3.63, 3.8) is 0 Å². The molecule has 152 valence electrons. The molecule has 0 spiro atoms. The zero-order valence-corrected chi connectivity index (χ0v) is 17.9. The molecule has 11 heteroatoms. The van der Waals surface area contributed by atoms with Crippen molar-refractivity contribution in [3.8, 4) is 11.3 Å². The number of sulfonamides is 1. The quantitative estimate of drug-likeness (QED) is 0.326. The fourth-order valence-corrected chi connectivity index (χ4v) is 4.49. The van der Waals surface area contributed by atoms with Crippen LogP contribution < -0.4 is 21.0 Å². The van der Waals surface area contributed by atoms with E-state index in [-0.39, 0.29) is 23.4 Å². The van der Waals surface area contributed by atoms with Gasteiger partial charge in [0.25, 0.3) is 0 Å². The Bertz CT molecular complexity index is 1360. The molecule has 4 rings (SSSR count). The van der Waals surface area contributed by atoms with Crippen molar-refractivity contribution in [2.24, 2.45) is 0 Å². The topological polar surface area (TPSA) is 88.4 Å². The molecule has 0 amide bonds. The summed E-state index contributed by atoms with van der Waals surface area (Å²) in [6.45, 7) is 0.408. The smallest absolute Gasteiger partial charge is 0.240 e. The van der Waals surface area contributed by atoms with Gasteiger partial charge in [-0.15, -0.1) is 0 Å². The lowest BCUT2D eigenvalue weighted by Crippen LogP contribution is -2.32. The second kappa shape index (κ2) is 8.74. The number of nitrogens with zero attached hydrogens (tertiary/aromatic N) is 3. The second-order valence-corrected chi connectivity index (χ2v) is 8.85. The van der Waals surface area contributed by atoms with Gasteiger partial charge in [-0.1, -0.05) is 53.5 Å². The zero-order chi connectivity index (χ0) is 22.0.